The lowest BCUT2D eigenvalue weighted by atomic mass is 10.2. The zero-order chi connectivity index (χ0) is 21.1. The molecule has 2 aromatic heterocycles. The Bertz CT molecular complexity index is 1190. The fourth-order valence-corrected chi connectivity index (χ4v) is 3.74. The second-order valence-corrected chi connectivity index (χ2v) is 8.31. The number of fused-ring (bicyclic) bond motifs is 1. The number of hydrogen-bond donors (Lipinski definition) is 2. The van der Waals surface area contributed by atoms with E-state index in [0.717, 1.165) is 33.7 Å². The number of nitrogens with one attached hydrogen (secondary N) is 2. The Labute approximate surface area is 178 Å². The fourth-order valence-electron chi connectivity index (χ4n) is 3.28. The van der Waals surface area contributed by atoms with Crippen LogP contribution < -0.4 is 14.9 Å². The Balaban J connectivity index is 1.63. The van der Waals surface area contributed by atoms with E-state index in [9.17, 15) is 4.21 Å². The van der Waals surface area contributed by atoms with Crippen LogP contribution in [0.3, 0.4) is 0 Å². The smallest absolute Gasteiger partial charge is 0.229 e. The van der Waals surface area contributed by atoms with Crippen molar-refractivity contribution >= 4 is 45.0 Å². The summed E-state index contributed by atoms with van der Waals surface area (Å²) in [6.07, 6.45) is 5.50. The average Bonchev–Trinajstić information content (AvgIpc) is 3.16. The van der Waals surface area contributed by atoms with Crippen LogP contribution >= 0.6 is 0 Å². The van der Waals surface area contributed by atoms with Gasteiger partial charge in [-0.25, -0.2) is 9.19 Å². The Kier molecular flexibility index (Phi) is 5.67. The zero-order valence-corrected chi connectivity index (χ0v) is 18.0. The highest BCUT2D eigenvalue weighted by Gasteiger charge is 2.12. The van der Waals surface area contributed by atoms with E-state index in [0.29, 0.717) is 12.5 Å². The van der Waals surface area contributed by atoms with E-state index in [1.807, 2.05) is 81.1 Å². The molecule has 154 valence electrons. The van der Waals surface area contributed by atoms with Crippen molar-refractivity contribution < 1.29 is 4.21 Å². The lowest BCUT2D eigenvalue weighted by Crippen LogP contribution is -2.20. The molecule has 0 spiro atoms. The molecule has 1 unspecified atom stereocenters. The van der Waals surface area contributed by atoms with Crippen molar-refractivity contribution in [2.24, 2.45) is 0 Å². The van der Waals surface area contributed by atoms with Gasteiger partial charge in [-0.05, 0) is 42.0 Å². The van der Waals surface area contributed by atoms with E-state index in [4.69, 9.17) is 4.98 Å². The molecule has 0 aliphatic rings. The minimum Gasteiger partial charge on any atom is -0.388 e. The second kappa shape index (κ2) is 8.54. The predicted octanol–water partition coefficient (Wildman–Crippen LogP) is 3.99. The van der Waals surface area contributed by atoms with Gasteiger partial charge in [0.15, 0.2) is 0 Å². The molecule has 8 heteroatoms. The van der Waals surface area contributed by atoms with Gasteiger partial charge in [-0.2, -0.15) is 4.98 Å². The molecule has 2 N–H and O–H groups in total. The maximum atomic E-state index is 12.0. The standard InChI is InChI=1S/C22H24N6OS/c1-23-18-8-10-19(11-9-18)25-22-24-14-16-12-13-28(21(16)26-22)15-17-6-4-5-7-20(17)27(2)30(3)29/h4-14,23H,15H2,1-3H3,(H,24,25,26). The van der Waals surface area contributed by atoms with Gasteiger partial charge in [0.05, 0.1) is 12.2 Å². The SMILES string of the molecule is CNc1ccc(Nc2ncc3ccn(Cc4ccccc4N(C)S(C)=O)c3n2)cc1. The van der Waals surface area contributed by atoms with Crippen LogP contribution in [0, 0.1) is 0 Å². The molecule has 7 nitrogen and oxygen atoms in total. The summed E-state index contributed by atoms with van der Waals surface area (Å²) in [4.78, 5) is 9.16. The fraction of sp³-hybridized carbons (Fsp3) is 0.182. The van der Waals surface area contributed by atoms with Crippen LogP contribution in [-0.2, 0) is 17.5 Å². The lowest BCUT2D eigenvalue weighted by molar-refractivity contribution is 0.685. The highest BCUT2D eigenvalue weighted by atomic mass is 32.2. The Morgan fingerprint density at radius 2 is 1.80 bits per heavy atom. The zero-order valence-electron chi connectivity index (χ0n) is 17.2. The molecule has 30 heavy (non-hydrogen) atoms. The van der Waals surface area contributed by atoms with Gasteiger partial charge < -0.3 is 15.2 Å². The normalized spacial score (nSPS) is 12.0. The summed E-state index contributed by atoms with van der Waals surface area (Å²) in [5.74, 6) is 0.541. The van der Waals surface area contributed by atoms with E-state index in [1.54, 1.807) is 10.6 Å². The van der Waals surface area contributed by atoms with Gasteiger partial charge in [0, 0.05) is 49.5 Å². The van der Waals surface area contributed by atoms with E-state index < -0.39 is 11.0 Å². The number of aromatic nitrogens is 3. The molecule has 0 radical (unpaired) electrons. The number of hydrogen-bond acceptors (Lipinski definition) is 5. The van der Waals surface area contributed by atoms with Gasteiger partial charge in [-0.1, -0.05) is 18.2 Å². The van der Waals surface area contributed by atoms with E-state index in [-0.39, 0.29) is 0 Å². The topological polar surface area (TPSA) is 75.1 Å². The van der Waals surface area contributed by atoms with Gasteiger partial charge in [0.2, 0.25) is 5.95 Å². The monoisotopic (exact) mass is 420 g/mol. The van der Waals surface area contributed by atoms with Crippen LogP contribution in [0.5, 0.6) is 0 Å². The number of rotatable bonds is 7. The number of anilines is 4. The van der Waals surface area contributed by atoms with Gasteiger partial charge in [-0.3, -0.25) is 4.31 Å². The molecule has 0 aliphatic heterocycles. The molecular weight excluding hydrogens is 396 g/mol. The Hall–Kier alpha value is -3.39. The molecule has 0 aliphatic carbocycles. The summed E-state index contributed by atoms with van der Waals surface area (Å²) >= 11 is 0. The van der Waals surface area contributed by atoms with Crippen molar-refractivity contribution in [3.8, 4) is 0 Å². The molecule has 0 bridgehead atoms. The molecule has 4 rings (SSSR count). The van der Waals surface area contributed by atoms with Crippen LogP contribution in [0.2, 0.25) is 0 Å². The first kappa shape index (κ1) is 19.9. The summed E-state index contributed by atoms with van der Waals surface area (Å²) in [5.41, 5.74) is 4.82. The Morgan fingerprint density at radius 3 is 2.53 bits per heavy atom. The number of para-hydroxylation sites is 1. The second-order valence-electron chi connectivity index (χ2n) is 6.92. The summed E-state index contributed by atoms with van der Waals surface area (Å²) < 4.78 is 15.8. The van der Waals surface area contributed by atoms with Gasteiger partial charge >= 0.3 is 0 Å². The van der Waals surface area contributed by atoms with Gasteiger partial charge in [0.25, 0.3) is 0 Å². The molecule has 0 fully saturated rings. The lowest BCUT2D eigenvalue weighted by Gasteiger charge is -2.19. The van der Waals surface area contributed by atoms with Crippen molar-refractivity contribution in [1.29, 1.82) is 0 Å². The summed E-state index contributed by atoms with van der Waals surface area (Å²) in [7, 11) is 2.64. The van der Waals surface area contributed by atoms with Crippen LogP contribution in [0.15, 0.2) is 67.0 Å². The van der Waals surface area contributed by atoms with E-state index in [2.05, 4.69) is 20.2 Å². The maximum absolute atomic E-state index is 12.0. The molecule has 2 aromatic carbocycles. The number of nitrogens with zero attached hydrogens (tertiary/aromatic N) is 4. The molecule has 0 amide bonds. The molecule has 2 heterocycles. The largest absolute Gasteiger partial charge is 0.388 e. The van der Waals surface area contributed by atoms with Crippen molar-refractivity contribution in [3.63, 3.8) is 0 Å². The first-order valence-corrected chi connectivity index (χ1v) is 11.1. The molecular formula is C22H24N6OS. The third-order valence-electron chi connectivity index (χ3n) is 4.99. The van der Waals surface area contributed by atoms with Crippen molar-refractivity contribution in [1.82, 2.24) is 14.5 Å². The third-order valence-corrected chi connectivity index (χ3v) is 5.96. The van der Waals surface area contributed by atoms with Crippen molar-refractivity contribution in [2.45, 2.75) is 6.54 Å². The van der Waals surface area contributed by atoms with Crippen LogP contribution in [0.1, 0.15) is 5.56 Å². The van der Waals surface area contributed by atoms with Crippen LogP contribution in [0.25, 0.3) is 11.0 Å². The summed E-state index contributed by atoms with van der Waals surface area (Å²) in [5, 5.41) is 7.33. The molecule has 0 saturated heterocycles. The van der Waals surface area contributed by atoms with E-state index >= 15 is 0 Å². The predicted molar refractivity (Wildman–Crippen MR) is 125 cm³/mol. The minimum atomic E-state index is -1.09. The molecule has 0 saturated carbocycles. The molecule has 1 atom stereocenters. The first-order valence-electron chi connectivity index (χ1n) is 9.57. The van der Waals surface area contributed by atoms with Gasteiger partial charge in [0.1, 0.15) is 16.6 Å². The van der Waals surface area contributed by atoms with Crippen LogP contribution in [0.4, 0.5) is 23.0 Å². The third kappa shape index (κ3) is 4.13. The van der Waals surface area contributed by atoms with Gasteiger partial charge in [-0.15, -0.1) is 0 Å². The number of benzene rings is 2. The summed E-state index contributed by atoms with van der Waals surface area (Å²) in [6.45, 7) is 0.620. The van der Waals surface area contributed by atoms with Crippen molar-refractivity contribution in [2.75, 3.05) is 35.3 Å². The highest BCUT2D eigenvalue weighted by molar-refractivity contribution is 7.85. The maximum Gasteiger partial charge on any atom is 0.229 e. The van der Waals surface area contributed by atoms with Crippen LogP contribution in [-0.4, -0.2) is 39.1 Å². The summed E-state index contributed by atoms with van der Waals surface area (Å²) in [6, 6.07) is 17.9. The van der Waals surface area contributed by atoms with Crippen molar-refractivity contribution in [3.05, 3.63) is 72.6 Å². The quantitative estimate of drug-likeness (QED) is 0.473. The average molecular weight is 421 g/mol. The molecule has 4 aromatic rings. The van der Waals surface area contributed by atoms with E-state index in [1.165, 1.54) is 0 Å². The minimum absolute atomic E-state index is 0.541. The first-order chi connectivity index (χ1) is 14.5. The highest BCUT2D eigenvalue weighted by Crippen LogP contribution is 2.24. The Morgan fingerprint density at radius 1 is 1.07 bits per heavy atom.